The molecule has 3 aromatic heterocycles. The van der Waals surface area contributed by atoms with Crippen LogP contribution in [0.4, 0.5) is 5.82 Å². The average molecular weight is 333 g/mol. The molecule has 4 heterocycles. The molecule has 1 saturated heterocycles. The van der Waals surface area contributed by atoms with E-state index < -0.39 is 0 Å². The number of anilines is 1. The van der Waals surface area contributed by atoms with E-state index in [0.717, 1.165) is 42.4 Å². The SMILES string of the molecule is CC1(c2ccc3ncc(-c4cccc(N[C@@H]5CCNC5)n4)n3c2)CC1. The second-order valence-corrected chi connectivity index (χ2v) is 7.59. The number of imidazole rings is 1. The van der Waals surface area contributed by atoms with Gasteiger partial charge in [0.25, 0.3) is 0 Å². The molecule has 2 N–H and O–H groups in total. The molecule has 0 radical (unpaired) electrons. The summed E-state index contributed by atoms with van der Waals surface area (Å²) in [5.41, 5.74) is 4.73. The molecule has 5 heteroatoms. The summed E-state index contributed by atoms with van der Waals surface area (Å²) in [4.78, 5) is 9.40. The van der Waals surface area contributed by atoms with Crippen LogP contribution in [0.25, 0.3) is 17.0 Å². The van der Waals surface area contributed by atoms with Crippen molar-refractivity contribution in [3.63, 3.8) is 0 Å². The number of aromatic nitrogens is 3. The molecule has 25 heavy (non-hydrogen) atoms. The Balaban J connectivity index is 1.52. The largest absolute Gasteiger partial charge is 0.366 e. The molecule has 1 aliphatic carbocycles. The van der Waals surface area contributed by atoms with Gasteiger partial charge >= 0.3 is 0 Å². The van der Waals surface area contributed by atoms with Crippen molar-refractivity contribution in [3.8, 4) is 11.4 Å². The van der Waals surface area contributed by atoms with Gasteiger partial charge in [-0.15, -0.1) is 0 Å². The van der Waals surface area contributed by atoms with Crippen molar-refractivity contribution >= 4 is 11.5 Å². The van der Waals surface area contributed by atoms with Crippen molar-refractivity contribution in [1.82, 2.24) is 19.7 Å². The summed E-state index contributed by atoms with van der Waals surface area (Å²) in [5, 5.41) is 6.91. The molecule has 128 valence electrons. The first-order chi connectivity index (χ1) is 12.2. The van der Waals surface area contributed by atoms with Crippen LogP contribution in [0.5, 0.6) is 0 Å². The van der Waals surface area contributed by atoms with Crippen LogP contribution in [-0.2, 0) is 5.41 Å². The Labute approximate surface area is 147 Å². The zero-order valence-electron chi connectivity index (χ0n) is 14.5. The molecule has 0 spiro atoms. The van der Waals surface area contributed by atoms with Crippen molar-refractivity contribution in [3.05, 3.63) is 48.3 Å². The highest BCUT2D eigenvalue weighted by Crippen LogP contribution is 2.47. The van der Waals surface area contributed by atoms with E-state index in [4.69, 9.17) is 4.98 Å². The molecule has 2 aliphatic rings. The molecule has 2 fully saturated rings. The van der Waals surface area contributed by atoms with Crippen molar-refractivity contribution < 1.29 is 0 Å². The molecule has 3 aromatic rings. The molecule has 0 amide bonds. The van der Waals surface area contributed by atoms with Crippen molar-refractivity contribution in [2.45, 2.75) is 37.6 Å². The molecule has 5 rings (SSSR count). The maximum absolute atomic E-state index is 4.84. The van der Waals surface area contributed by atoms with E-state index in [9.17, 15) is 0 Å². The highest BCUT2D eigenvalue weighted by molar-refractivity contribution is 5.62. The first kappa shape index (κ1) is 14.9. The summed E-state index contributed by atoms with van der Waals surface area (Å²) in [7, 11) is 0. The second kappa shape index (κ2) is 5.56. The van der Waals surface area contributed by atoms with Crippen LogP contribution in [0.2, 0.25) is 0 Å². The van der Waals surface area contributed by atoms with E-state index in [1.807, 2.05) is 12.3 Å². The standard InChI is InChI=1S/C20H23N5/c1-20(8-9-20)14-5-6-19-22-12-17(25(19)13-14)16-3-2-4-18(24-16)23-15-7-10-21-11-15/h2-6,12-13,15,21H,7-11H2,1H3,(H,23,24)/t15-/m1/s1. The van der Waals surface area contributed by atoms with E-state index in [1.54, 1.807) is 0 Å². The van der Waals surface area contributed by atoms with Crippen LogP contribution in [0, 0.1) is 0 Å². The zero-order valence-corrected chi connectivity index (χ0v) is 14.5. The lowest BCUT2D eigenvalue weighted by atomic mass is 10.0. The van der Waals surface area contributed by atoms with Gasteiger partial charge in [0.15, 0.2) is 0 Å². The van der Waals surface area contributed by atoms with E-state index in [1.165, 1.54) is 18.4 Å². The fourth-order valence-corrected chi connectivity index (χ4v) is 3.65. The van der Waals surface area contributed by atoms with Gasteiger partial charge < -0.3 is 10.6 Å². The summed E-state index contributed by atoms with van der Waals surface area (Å²) in [5.74, 6) is 0.937. The lowest BCUT2D eigenvalue weighted by Crippen LogP contribution is -2.22. The second-order valence-electron chi connectivity index (χ2n) is 7.59. The minimum absolute atomic E-state index is 0.349. The lowest BCUT2D eigenvalue weighted by Gasteiger charge is -2.13. The number of pyridine rings is 2. The Morgan fingerprint density at radius 3 is 2.96 bits per heavy atom. The Morgan fingerprint density at radius 2 is 2.16 bits per heavy atom. The van der Waals surface area contributed by atoms with Crippen LogP contribution in [0.15, 0.2) is 42.7 Å². The molecule has 5 nitrogen and oxygen atoms in total. The molecule has 0 aromatic carbocycles. The van der Waals surface area contributed by atoms with Gasteiger partial charge in [-0.05, 0) is 55.0 Å². The van der Waals surface area contributed by atoms with E-state index in [2.05, 4.69) is 57.4 Å². The molecule has 1 aliphatic heterocycles. The third-order valence-electron chi connectivity index (χ3n) is 5.63. The average Bonchev–Trinajstić information content (AvgIpc) is 3.03. The summed E-state index contributed by atoms with van der Waals surface area (Å²) < 4.78 is 2.18. The normalized spacial score (nSPS) is 21.6. The highest BCUT2D eigenvalue weighted by atomic mass is 15.1. The number of fused-ring (bicyclic) bond motifs is 1. The van der Waals surface area contributed by atoms with Crippen LogP contribution >= 0.6 is 0 Å². The van der Waals surface area contributed by atoms with Crippen molar-refractivity contribution in [2.75, 3.05) is 18.4 Å². The van der Waals surface area contributed by atoms with Crippen LogP contribution in [0.3, 0.4) is 0 Å². The molecule has 1 atom stereocenters. The number of nitrogens with one attached hydrogen (secondary N) is 2. The number of nitrogens with zero attached hydrogens (tertiary/aromatic N) is 3. The van der Waals surface area contributed by atoms with Gasteiger partial charge in [0, 0.05) is 18.8 Å². The van der Waals surface area contributed by atoms with Crippen LogP contribution < -0.4 is 10.6 Å². The quantitative estimate of drug-likeness (QED) is 0.770. The first-order valence-electron chi connectivity index (χ1n) is 9.14. The maximum Gasteiger partial charge on any atom is 0.137 e. The van der Waals surface area contributed by atoms with E-state index in [-0.39, 0.29) is 0 Å². The monoisotopic (exact) mass is 333 g/mol. The topological polar surface area (TPSA) is 54.2 Å². The fraction of sp³-hybridized carbons (Fsp3) is 0.400. The highest BCUT2D eigenvalue weighted by Gasteiger charge is 2.39. The first-order valence-corrected chi connectivity index (χ1v) is 9.14. The van der Waals surface area contributed by atoms with Gasteiger partial charge in [-0.2, -0.15) is 0 Å². The molecular formula is C20H23N5. The summed E-state index contributed by atoms with van der Waals surface area (Å²) in [6.07, 6.45) is 7.86. The third kappa shape index (κ3) is 2.68. The zero-order chi connectivity index (χ0) is 16.9. The van der Waals surface area contributed by atoms with Crippen molar-refractivity contribution in [1.29, 1.82) is 0 Å². The molecule has 1 saturated carbocycles. The Kier molecular flexibility index (Phi) is 3.31. The summed E-state index contributed by atoms with van der Waals surface area (Å²) in [6.45, 7) is 4.42. The van der Waals surface area contributed by atoms with Gasteiger partial charge in [0.05, 0.1) is 17.6 Å². The number of rotatable bonds is 4. The Hall–Kier alpha value is -2.40. The molecule has 0 unspecified atom stereocenters. The number of hydrogen-bond donors (Lipinski definition) is 2. The van der Waals surface area contributed by atoms with Gasteiger partial charge in [-0.25, -0.2) is 9.97 Å². The Bertz CT molecular complexity index is 919. The number of hydrogen-bond acceptors (Lipinski definition) is 4. The van der Waals surface area contributed by atoms with Gasteiger partial charge in [-0.1, -0.05) is 19.1 Å². The minimum Gasteiger partial charge on any atom is -0.366 e. The lowest BCUT2D eigenvalue weighted by molar-refractivity contribution is 0.778. The summed E-state index contributed by atoms with van der Waals surface area (Å²) >= 11 is 0. The van der Waals surface area contributed by atoms with Gasteiger partial charge in [0.2, 0.25) is 0 Å². The predicted octanol–water partition coefficient (Wildman–Crippen LogP) is 3.22. The smallest absolute Gasteiger partial charge is 0.137 e. The van der Waals surface area contributed by atoms with Gasteiger partial charge in [-0.3, -0.25) is 4.40 Å². The van der Waals surface area contributed by atoms with Gasteiger partial charge in [0.1, 0.15) is 11.5 Å². The molecular weight excluding hydrogens is 310 g/mol. The van der Waals surface area contributed by atoms with E-state index >= 15 is 0 Å². The van der Waals surface area contributed by atoms with E-state index in [0.29, 0.717) is 11.5 Å². The van der Waals surface area contributed by atoms with Crippen LogP contribution in [-0.4, -0.2) is 33.5 Å². The maximum atomic E-state index is 4.84. The predicted molar refractivity (Wildman–Crippen MR) is 99.9 cm³/mol. The summed E-state index contributed by atoms with van der Waals surface area (Å²) in [6, 6.07) is 11.0. The Morgan fingerprint density at radius 1 is 1.24 bits per heavy atom. The fourth-order valence-electron chi connectivity index (χ4n) is 3.65. The van der Waals surface area contributed by atoms with Crippen LogP contribution in [0.1, 0.15) is 31.7 Å². The third-order valence-corrected chi connectivity index (χ3v) is 5.63. The minimum atomic E-state index is 0.349. The van der Waals surface area contributed by atoms with Crippen molar-refractivity contribution in [2.24, 2.45) is 0 Å². The molecule has 0 bridgehead atoms.